The number of nitrogens with zero attached hydrogens (tertiary/aromatic N) is 4. The summed E-state index contributed by atoms with van der Waals surface area (Å²) in [4.78, 5) is 4.79. The molecule has 2 heterocycles. The topological polar surface area (TPSA) is 52.8 Å². The number of thioether (sulfide) groups is 1. The molecular weight excluding hydrogens is 424 g/mol. The molecule has 0 atom stereocenters. The first kappa shape index (κ1) is 19.9. The minimum absolute atomic E-state index is 0.629. The van der Waals surface area contributed by atoms with E-state index in [9.17, 15) is 0 Å². The van der Waals surface area contributed by atoms with E-state index in [0.29, 0.717) is 16.6 Å². The molecule has 0 spiro atoms. The van der Waals surface area contributed by atoms with E-state index in [-0.39, 0.29) is 0 Å². The zero-order valence-electron chi connectivity index (χ0n) is 16.2. The Hall–Kier alpha value is -2.35. The van der Waals surface area contributed by atoms with Gasteiger partial charge in [0.2, 0.25) is 0 Å². The summed E-state index contributed by atoms with van der Waals surface area (Å²) in [5, 5.41) is 13.3. The van der Waals surface area contributed by atoms with Crippen molar-refractivity contribution in [2.75, 3.05) is 7.11 Å². The van der Waals surface area contributed by atoms with Crippen LogP contribution in [0.15, 0.2) is 53.0 Å². The van der Waals surface area contributed by atoms with Crippen LogP contribution in [0.2, 0.25) is 5.02 Å². The lowest BCUT2D eigenvalue weighted by atomic mass is 10.1. The van der Waals surface area contributed by atoms with Crippen LogP contribution < -0.4 is 4.74 Å². The van der Waals surface area contributed by atoms with Crippen molar-refractivity contribution in [3.63, 3.8) is 0 Å². The Morgan fingerprint density at radius 3 is 2.76 bits per heavy atom. The molecule has 4 rings (SSSR count). The van der Waals surface area contributed by atoms with E-state index in [1.54, 1.807) is 36.3 Å². The second-order valence-corrected chi connectivity index (χ2v) is 8.69. The van der Waals surface area contributed by atoms with Crippen LogP contribution in [0.3, 0.4) is 0 Å². The summed E-state index contributed by atoms with van der Waals surface area (Å²) < 4.78 is 7.40. The first-order chi connectivity index (χ1) is 14.1. The van der Waals surface area contributed by atoms with Gasteiger partial charge in [-0.15, -0.1) is 21.5 Å². The molecule has 0 aliphatic heterocycles. The Bertz CT molecular complexity index is 1160. The van der Waals surface area contributed by atoms with Crippen molar-refractivity contribution < 1.29 is 4.74 Å². The van der Waals surface area contributed by atoms with E-state index in [4.69, 9.17) is 21.3 Å². The molecule has 2 aromatic heterocycles. The highest BCUT2D eigenvalue weighted by atomic mass is 35.5. The lowest BCUT2D eigenvalue weighted by Gasteiger charge is -2.08. The average molecular weight is 443 g/mol. The smallest absolute Gasteiger partial charge is 0.191 e. The molecule has 8 heteroatoms. The van der Waals surface area contributed by atoms with Crippen LogP contribution >= 0.6 is 34.7 Å². The Morgan fingerprint density at radius 2 is 1.97 bits per heavy atom. The second kappa shape index (κ2) is 8.57. The summed E-state index contributed by atoms with van der Waals surface area (Å²) in [6.07, 6.45) is 0. The predicted octanol–water partition coefficient (Wildman–Crippen LogP) is 5.87. The number of rotatable bonds is 6. The highest BCUT2D eigenvalue weighted by molar-refractivity contribution is 7.98. The zero-order valence-corrected chi connectivity index (χ0v) is 18.6. The fraction of sp³-hybridized carbons (Fsp3) is 0.190. The van der Waals surface area contributed by atoms with E-state index in [1.807, 2.05) is 35.9 Å². The molecule has 4 aromatic rings. The van der Waals surface area contributed by atoms with Crippen molar-refractivity contribution in [3.05, 3.63) is 64.1 Å². The molecule has 148 valence electrons. The molecule has 0 saturated heterocycles. The number of aryl methyl sites for hydroxylation is 1. The lowest BCUT2D eigenvalue weighted by molar-refractivity contribution is 0.416. The van der Waals surface area contributed by atoms with Gasteiger partial charge in [-0.2, -0.15) is 0 Å². The van der Waals surface area contributed by atoms with Gasteiger partial charge in [-0.25, -0.2) is 4.98 Å². The Morgan fingerprint density at radius 1 is 1.14 bits per heavy atom. The van der Waals surface area contributed by atoms with Crippen LogP contribution in [0.4, 0.5) is 0 Å². The second-order valence-electron chi connectivity index (χ2n) is 6.46. The number of hydrogen-bond acceptors (Lipinski definition) is 6. The molecule has 0 aliphatic carbocycles. The molecule has 0 aliphatic rings. The van der Waals surface area contributed by atoms with Gasteiger partial charge in [0.25, 0.3) is 0 Å². The molecule has 0 amide bonds. The summed E-state index contributed by atoms with van der Waals surface area (Å²) in [6.45, 7) is 2.11. The maximum absolute atomic E-state index is 6.16. The summed E-state index contributed by atoms with van der Waals surface area (Å²) in [5.74, 6) is 2.15. The third-order valence-corrected chi connectivity index (χ3v) is 6.73. The number of halogens is 1. The molecular formula is C21H19ClN4OS2. The molecule has 29 heavy (non-hydrogen) atoms. The average Bonchev–Trinajstić information content (AvgIpc) is 3.33. The van der Waals surface area contributed by atoms with Crippen LogP contribution in [-0.4, -0.2) is 26.9 Å². The molecule has 0 N–H and O–H groups in total. The van der Waals surface area contributed by atoms with Crippen molar-refractivity contribution in [3.8, 4) is 27.7 Å². The monoisotopic (exact) mass is 442 g/mol. The van der Waals surface area contributed by atoms with Crippen LogP contribution in [0.1, 0.15) is 11.3 Å². The fourth-order valence-corrected chi connectivity index (χ4v) is 4.97. The SMILES string of the molecule is COc1ccc(Cl)cc1-c1nnc(SCc2csc(-c3ccccc3C)n2)n1C. The number of benzene rings is 2. The number of hydrogen-bond donors (Lipinski definition) is 0. The normalized spacial score (nSPS) is 11.0. The largest absolute Gasteiger partial charge is 0.496 e. The lowest BCUT2D eigenvalue weighted by Crippen LogP contribution is -1.97. The first-order valence-electron chi connectivity index (χ1n) is 8.93. The molecule has 0 fully saturated rings. The van der Waals surface area contributed by atoms with E-state index >= 15 is 0 Å². The van der Waals surface area contributed by atoms with Crippen molar-refractivity contribution in [2.24, 2.45) is 7.05 Å². The highest BCUT2D eigenvalue weighted by Crippen LogP contribution is 2.34. The first-order valence-corrected chi connectivity index (χ1v) is 11.2. The van der Waals surface area contributed by atoms with Crippen LogP contribution in [-0.2, 0) is 12.8 Å². The molecule has 0 unspecified atom stereocenters. The van der Waals surface area contributed by atoms with Gasteiger partial charge in [0, 0.05) is 28.8 Å². The summed E-state index contributed by atoms with van der Waals surface area (Å²) >= 11 is 9.43. The van der Waals surface area contributed by atoms with Crippen molar-refractivity contribution in [1.82, 2.24) is 19.7 Å². The Kier molecular flexibility index (Phi) is 5.89. The van der Waals surface area contributed by atoms with E-state index in [1.165, 1.54) is 11.1 Å². The minimum Gasteiger partial charge on any atom is -0.496 e. The van der Waals surface area contributed by atoms with Crippen LogP contribution in [0.25, 0.3) is 22.0 Å². The molecule has 2 aromatic carbocycles. The highest BCUT2D eigenvalue weighted by Gasteiger charge is 2.16. The third-order valence-electron chi connectivity index (χ3n) is 4.51. The molecule has 0 radical (unpaired) electrons. The van der Waals surface area contributed by atoms with Crippen molar-refractivity contribution >= 4 is 34.7 Å². The fourth-order valence-electron chi connectivity index (χ4n) is 2.98. The standard InChI is InChI=1S/C21H19ClN4OS2/c1-13-6-4-5-7-16(13)20-23-15(11-28-20)12-29-21-25-24-19(26(21)2)17-10-14(22)8-9-18(17)27-3/h4-11H,12H2,1-3H3. The minimum atomic E-state index is 0.629. The van der Waals surface area contributed by atoms with Gasteiger partial charge >= 0.3 is 0 Å². The zero-order chi connectivity index (χ0) is 20.4. The molecule has 0 bridgehead atoms. The van der Waals surface area contributed by atoms with Crippen LogP contribution in [0, 0.1) is 6.92 Å². The van der Waals surface area contributed by atoms with E-state index < -0.39 is 0 Å². The molecule has 5 nitrogen and oxygen atoms in total. The number of ether oxygens (including phenoxy) is 1. The Balaban J connectivity index is 1.53. The summed E-state index contributed by atoms with van der Waals surface area (Å²) in [7, 11) is 3.57. The maximum atomic E-state index is 6.16. The van der Waals surface area contributed by atoms with Gasteiger partial charge < -0.3 is 9.30 Å². The maximum Gasteiger partial charge on any atom is 0.191 e. The molecule has 0 saturated carbocycles. The summed E-state index contributed by atoms with van der Waals surface area (Å²) in [6, 6.07) is 13.8. The Labute approximate surface area is 182 Å². The quantitative estimate of drug-likeness (QED) is 0.349. The number of thiazole rings is 1. The van der Waals surface area contributed by atoms with E-state index in [0.717, 1.165) is 27.2 Å². The van der Waals surface area contributed by atoms with Gasteiger partial charge in [-0.05, 0) is 30.7 Å². The van der Waals surface area contributed by atoms with Gasteiger partial charge in [0.1, 0.15) is 10.8 Å². The predicted molar refractivity (Wildman–Crippen MR) is 120 cm³/mol. The third kappa shape index (κ3) is 4.17. The number of aromatic nitrogens is 4. The summed E-state index contributed by atoms with van der Waals surface area (Å²) in [5.41, 5.74) is 4.26. The van der Waals surface area contributed by atoms with Crippen molar-refractivity contribution in [1.29, 1.82) is 0 Å². The van der Waals surface area contributed by atoms with Gasteiger partial charge in [-0.1, -0.05) is 47.6 Å². The van der Waals surface area contributed by atoms with Gasteiger partial charge in [0.15, 0.2) is 11.0 Å². The van der Waals surface area contributed by atoms with Gasteiger partial charge in [-0.3, -0.25) is 0 Å². The van der Waals surface area contributed by atoms with Crippen LogP contribution in [0.5, 0.6) is 5.75 Å². The van der Waals surface area contributed by atoms with Crippen molar-refractivity contribution in [2.45, 2.75) is 17.8 Å². The van der Waals surface area contributed by atoms with E-state index in [2.05, 4.69) is 34.6 Å². The number of methoxy groups -OCH3 is 1. The van der Waals surface area contributed by atoms with Gasteiger partial charge in [0.05, 0.1) is 18.4 Å².